The highest BCUT2D eigenvalue weighted by molar-refractivity contribution is 6.10. The lowest BCUT2D eigenvalue weighted by molar-refractivity contribution is 0.479. The van der Waals surface area contributed by atoms with E-state index in [1.807, 2.05) is 36.4 Å². The Hall–Kier alpha value is -3.99. The Balaban J connectivity index is 1.44. The molecule has 5 aromatic rings. The van der Waals surface area contributed by atoms with Crippen LogP contribution in [0.4, 0.5) is 11.5 Å². The molecule has 31 heavy (non-hydrogen) atoms. The summed E-state index contributed by atoms with van der Waals surface area (Å²) < 4.78 is 2.06. The largest absolute Gasteiger partial charge is 0.506 e. The van der Waals surface area contributed by atoms with Crippen molar-refractivity contribution >= 4 is 33.3 Å². The van der Waals surface area contributed by atoms with Crippen LogP contribution < -0.4 is 9.80 Å². The van der Waals surface area contributed by atoms with E-state index < -0.39 is 0 Å². The number of benzene rings is 3. The second-order valence-corrected chi connectivity index (χ2v) is 7.88. The van der Waals surface area contributed by atoms with Gasteiger partial charge in [0.15, 0.2) is 0 Å². The van der Waals surface area contributed by atoms with Gasteiger partial charge in [-0.15, -0.1) is 0 Å². The van der Waals surface area contributed by atoms with Gasteiger partial charge in [-0.2, -0.15) is 0 Å². The van der Waals surface area contributed by atoms with E-state index in [9.17, 15) is 5.11 Å². The van der Waals surface area contributed by atoms with Crippen molar-refractivity contribution in [2.75, 3.05) is 29.6 Å². The molecular weight excluding hydrogens is 384 g/mol. The fourth-order valence-corrected chi connectivity index (χ4v) is 4.58. The predicted molar refractivity (Wildman–Crippen MR) is 126 cm³/mol. The predicted octanol–water partition coefficient (Wildman–Crippen LogP) is 5.17. The number of hydrogen-bond donors (Lipinski definition) is 1. The minimum atomic E-state index is 0.261. The van der Waals surface area contributed by atoms with E-state index in [4.69, 9.17) is 4.98 Å². The minimum Gasteiger partial charge on any atom is -0.506 e. The molecule has 5 heteroatoms. The van der Waals surface area contributed by atoms with Crippen LogP contribution in [0.5, 0.6) is 5.75 Å². The number of aromatic nitrogens is 2. The first-order valence-corrected chi connectivity index (χ1v) is 10.5. The molecule has 3 heterocycles. The Kier molecular flexibility index (Phi) is 4.06. The number of phenolic OH excluding ortho intramolecular Hbond substituents is 1. The van der Waals surface area contributed by atoms with Crippen molar-refractivity contribution in [2.45, 2.75) is 0 Å². The summed E-state index contributed by atoms with van der Waals surface area (Å²) in [6.45, 7) is 2.69. The summed E-state index contributed by atoms with van der Waals surface area (Å²) in [5.41, 5.74) is 3.06. The standard InChI is InChI=1S/C26H22N4O/c31-23-13-6-11-21-20-10-4-5-12-22(20)30(26(21)23)25-15-7-14-24(27-25)29-17-16-28(18-29)19-8-2-1-3-9-19/h1-15,31H,16-18H2. The number of aromatic hydroxyl groups is 1. The van der Waals surface area contributed by atoms with E-state index in [0.717, 1.165) is 53.2 Å². The van der Waals surface area contributed by atoms with Gasteiger partial charge in [-0.1, -0.05) is 54.6 Å². The molecular formula is C26H22N4O. The topological polar surface area (TPSA) is 44.5 Å². The Labute approximate surface area is 180 Å². The number of nitrogens with zero attached hydrogens (tertiary/aromatic N) is 4. The third kappa shape index (κ3) is 2.89. The molecule has 1 aliphatic rings. The van der Waals surface area contributed by atoms with Crippen molar-refractivity contribution in [1.29, 1.82) is 0 Å². The normalized spacial score (nSPS) is 14.1. The van der Waals surface area contributed by atoms with E-state index in [2.05, 4.69) is 62.9 Å². The van der Waals surface area contributed by atoms with Crippen LogP contribution >= 0.6 is 0 Å². The number of fused-ring (bicyclic) bond motifs is 3. The molecule has 0 unspecified atom stereocenters. The summed E-state index contributed by atoms with van der Waals surface area (Å²) in [5, 5.41) is 12.8. The van der Waals surface area contributed by atoms with Crippen molar-refractivity contribution in [3.05, 3.63) is 91.0 Å². The fraction of sp³-hybridized carbons (Fsp3) is 0.115. The van der Waals surface area contributed by atoms with Gasteiger partial charge in [0.25, 0.3) is 0 Å². The second-order valence-electron chi connectivity index (χ2n) is 7.88. The van der Waals surface area contributed by atoms with E-state index >= 15 is 0 Å². The summed E-state index contributed by atoms with van der Waals surface area (Å²) >= 11 is 0. The van der Waals surface area contributed by atoms with Crippen molar-refractivity contribution in [3.8, 4) is 11.6 Å². The molecule has 6 rings (SSSR count). The third-order valence-corrected chi connectivity index (χ3v) is 6.05. The number of pyridine rings is 1. The van der Waals surface area contributed by atoms with E-state index in [-0.39, 0.29) is 5.75 Å². The van der Waals surface area contributed by atoms with Gasteiger partial charge in [0.2, 0.25) is 0 Å². The van der Waals surface area contributed by atoms with Crippen molar-refractivity contribution in [2.24, 2.45) is 0 Å². The molecule has 0 amide bonds. The van der Waals surface area contributed by atoms with Gasteiger partial charge in [0.1, 0.15) is 17.4 Å². The monoisotopic (exact) mass is 406 g/mol. The molecule has 2 aromatic heterocycles. The minimum absolute atomic E-state index is 0.261. The van der Waals surface area contributed by atoms with Gasteiger partial charge in [0.05, 0.1) is 17.7 Å². The molecule has 0 spiro atoms. The maximum absolute atomic E-state index is 10.7. The number of hydrogen-bond acceptors (Lipinski definition) is 4. The van der Waals surface area contributed by atoms with Crippen LogP contribution in [0, 0.1) is 0 Å². The van der Waals surface area contributed by atoms with Crippen LogP contribution in [0.1, 0.15) is 0 Å². The number of phenols is 1. The molecule has 1 N–H and O–H groups in total. The molecule has 0 bridgehead atoms. The zero-order chi connectivity index (χ0) is 20.8. The summed E-state index contributed by atoms with van der Waals surface area (Å²) in [5.74, 6) is 2.01. The van der Waals surface area contributed by atoms with Crippen molar-refractivity contribution < 1.29 is 5.11 Å². The van der Waals surface area contributed by atoms with Crippen LogP contribution in [-0.4, -0.2) is 34.4 Å². The molecule has 0 saturated carbocycles. The second kappa shape index (κ2) is 7.06. The first-order chi connectivity index (χ1) is 15.3. The number of para-hydroxylation sites is 3. The van der Waals surface area contributed by atoms with Crippen molar-refractivity contribution in [1.82, 2.24) is 9.55 Å². The molecule has 3 aromatic carbocycles. The third-order valence-electron chi connectivity index (χ3n) is 6.05. The molecule has 152 valence electrons. The zero-order valence-corrected chi connectivity index (χ0v) is 17.0. The summed E-state index contributed by atoms with van der Waals surface area (Å²) in [6.07, 6.45) is 0. The highest BCUT2D eigenvalue weighted by Crippen LogP contribution is 2.36. The number of rotatable bonds is 3. The van der Waals surface area contributed by atoms with Crippen LogP contribution in [0.2, 0.25) is 0 Å². The zero-order valence-electron chi connectivity index (χ0n) is 17.0. The van der Waals surface area contributed by atoms with Gasteiger partial charge in [-0.3, -0.25) is 4.57 Å². The Bertz CT molecular complexity index is 1390. The van der Waals surface area contributed by atoms with Crippen LogP contribution in [0.15, 0.2) is 91.0 Å². The lowest BCUT2D eigenvalue weighted by atomic mass is 10.1. The van der Waals surface area contributed by atoms with Gasteiger partial charge in [0, 0.05) is 29.5 Å². The summed E-state index contributed by atoms with van der Waals surface area (Å²) in [7, 11) is 0. The van der Waals surface area contributed by atoms with Crippen LogP contribution in [0.3, 0.4) is 0 Å². The Morgan fingerprint density at radius 3 is 2.26 bits per heavy atom. The lowest BCUT2D eigenvalue weighted by Crippen LogP contribution is -2.25. The molecule has 0 aliphatic carbocycles. The maximum Gasteiger partial charge on any atom is 0.140 e. The van der Waals surface area contributed by atoms with Gasteiger partial charge >= 0.3 is 0 Å². The Morgan fingerprint density at radius 1 is 0.645 bits per heavy atom. The highest BCUT2D eigenvalue weighted by atomic mass is 16.3. The van der Waals surface area contributed by atoms with Gasteiger partial charge in [-0.25, -0.2) is 4.98 Å². The highest BCUT2D eigenvalue weighted by Gasteiger charge is 2.22. The molecule has 1 fully saturated rings. The lowest BCUT2D eigenvalue weighted by Gasteiger charge is -2.21. The fourth-order valence-electron chi connectivity index (χ4n) is 4.58. The molecule has 1 saturated heterocycles. The average molecular weight is 406 g/mol. The average Bonchev–Trinajstić information content (AvgIpc) is 3.44. The molecule has 1 aliphatic heterocycles. The molecule has 0 radical (unpaired) electrons. The smallest absolute Gasteiger partial charge is 0.140 e. The first kappa shape index (κ1) is 17.8. The SMILES string of the molecule is Oc1cccc2c3ccccc3n(-c3cccc(N4CCN(c5ccccc5)C4)n3)c12. The van der Waals surface area contributed by atoms with Crippen LogP contribution in [-0.2, 0) is 0 Å². The Morgan fingerprint density at radius 2 is 1.35 bits per heavy atom. The van der Waals surface area contributed by atoms with E-state index in [1.165, 1.54) is 5.69 Å². The molecule has 0 atom stereocenters. The maximum atomic E-state index is 10.7. The van der Waals surface area contributed by atoms with Gasteiger partial charge in [-0.05, 0) is 36.4 Å². The van der Waals surface area contributed by atoms with Crippen LogP contribution in [0.25, 0.3) is 27.6 Å². The number of anilines is 2. The van der Waals surface area contributed by atoms with Gasteiger partial charge < -0.3 is 14.9 Å². The van der Waals surface area contributed by atoms with E-state index in [0.29, 0.717) is 0 Å². The summed E-state index contributed by atoms with van der Waals surface area (Å²) in [6, 6.07) is 30.5. The quantitative estimate of drug-likeness (QED) is 0.449. The summed E-state index contributed by atoms with van der Waals surface area (Å²) in [4.78, 5) is 9.68. The van der Waals surface area contributed by atoms with E-state index in [1.54, 1.807) is 6.07 Å². The van der Waals surface area contributed by atoms with Crippen molar-refractivity contribution in [3.63, 3.8) is 0 Å². The molecule has 5 nitrogen and oxygen atoms in total. The first-order valence-electron chi connectivity index (χ1n) is 10.5.